The number of benzene rings is 2. The van der Waals surface area contributed by atoms with Gasteiger partial charge >= 0.3 is 5.97 Å². The highest BCUT2D eigenvalue weighted by molar-refractivity contribution is 6.03. The van der Waals surface area contributed by atoms with Crippen LogP contribution in [0.3, 0.4) is 0 Å². The van der Waals surface area contributed by atoms with E-state index in [-0.39, 0.29) is 37.3 Å². The second-order valence-corrected chi connectivity index (χ2v) is 10.1. The Morgan fingerprint density at radius 2 is 1.72 bits per heavy atom. The molecule has 3 atom stereocenters. The van der Waals surface area contributed by atoms with Crippen LogP contribution in [-0.4, -0.2) is 81.6 Å². The molecule has 0 spiro atoms. The van der Waals surface area contributed by atoms with Gasteiger partial charge in [0, 0.05) is 30.3 Å². The van der Waals surface area contributed by atoms with Crippen molar-refractivity contribution < 1.29 is 38.7 Å². The molecule has 2 aromatic carbocycles. The van der Waals surface area contributed by atoms with Crippen molar-refractivity contribution in [3.8, 4) is 0 Å². The Kier molecular flexibility index (Phi) is 9.99. The van der Waals surface area contributed by atoms with Crippen molar-refractivity contribution in [2.75, 3.05) is 11.9 Å². The molecule has 5 amide bonds. The van der Waals surface area contributed by atoms with Crippen molar-refractivity contribution in [1.82, 2.24) is 20.7 Å². The molecule has 43 heavy (non-hydrogen) atoms. The number of hydrogen-bond donors (Lipinski definition) is 4. The molecule has 2 saturated heterocycles. The van der Waals surface area contributed by atoms with Crippen LogP contribution in [0.4, 0.5) is 5.69 Å². The Morgan fingerprint density at radius 3 is 2.40 bits per heavy atom. The van der Waals surface area contributed by atoms with E-state index in [4.69, 9.17) is 5.11 Å². The van der Waals surface area contributed by atoms with Crippen LogP contribution in [0.5, 0.6) is 0 Å². The van der Waals surface area contributed by atoms with Crippen LogP contribution in [0.25, 0.3) is 6.08 Å². The van der Waals surface area contributed by atoms with E-state index < -0.39 is 54.1 Å². The summed E-state index contributed by atoms with van der Waals surface area (Å²) in [5.41, 5.74) is 1.51. The van der Waals surface area contributed by atoms with Gasteiger partial charge in [0.25, 0.3) is 11.8 Å². The standard InChI is InChI=1S/C30H31N5O8/c36-18-22(17-27(39)40)32-29(42)24-7-4-16-34-26(38)15-13-23(30(43)35(24)34)33-28(41)20-9-11-21(12-10-20)31-25(37)14-8-19-5-2-1-3-6-19/h1-3,5-6,8-12,14,18,22-24H,4,7,13,15-17H2,(H,31,37)(H,32,42)(H,33,41)(H,39,40)/b14-8+/t22-,23-,24-/m0/s1. The molecule has 224 valence electrons. The molecular formula is C30H31N5O8. The predicted molar refractivity (Wildman–Crippen MR) is 153 cm³/mol. The lowest BCUT2D eigenvalue weighted by Gasteiger charge is -2.43. The normalized spacial score (nSPS) is 19.2. The Morgan fingerprint density at radius 1 is 1.00 bits per heavy atom. The molecule has 0 bridgehead atoms. The maximum Gasteiger partial charge on any atom is 0.305 e. The van der Waals surface area contributed by atoms with E-state index in [1.165, 1.54) is 35.4 Å². The molecule has 13 nitrogen and oxygen atoms in total. The largest absolute Gasteiger partial charge is 0.481 e. The first-order chi connectivity index (χ1) is 20.7. The first-order valence-electron chi connectivity index (χ1n) is 13.7. The fourth-order valence-corrected chi connectivity index (χ4v) is 4.87. The fraction of sp³-hybridized carbons (Fsp3) is 0.300. The fourth-order valence-electron chi connectivity index (χ4n) is 4.87. The third-order valence-electron chi connectivity index (χ3n) is 7.00. The number of amides is 5. The zero-order chi connectivity index (χ0) is 30.9. The Balaban J connectivity index is 1.41. The number of carboxylic acids is 1. The summed E-state index contributed by atoms with van der Waals surface area (Å²) >= 11 is 0. The molecule has 0 aromatic heterocycles. The lowest BCUT2D eigenvalue weighted by molar-refractivity contribution is -0.176. The van der Waals surface area contributed by atoms with Gasteiger partial charge in [-0.2, -0.15) is 0 Å². The molecule has 13 heteroatoms. The van der Waals surface area contributed by atoms with E-state index in [1.54, 1.807) is 6.08 Å². The van der Waals surface area contributed by atoms with Crippen molar-refractivity contribution in [3.63, 3.8) is 0 Å². The summed E-state index contributed by atoms with van der Waals surface area (Å²) < 4.78 is 0. The van der Waals surface area contributed by atoms with E-state index >= 15 is 0 Å². The van der Waals surface area contributed by atoms with Gasteiger partial charge in [0.05, 0.1) is 12.5 Å². The van der Waals surface area contributed by atoms with Crippen LogP contribution < -0.4 is 16.0 Å². The number of carboxylic acid groups (broad SMARTS) is 1. The molecule has 0 unspecified atom stereocenters. The third kappa shape index (κ3) is 7.91. The minimum atomic E-state index is -1.30. The average molecular weight is 590 g/mol. The molecule has 2 aromatic rings. The monoisotopic (exact) mass is 589 g/mol. The van der Waals surface area contributed by atoms with Crippen LogP contribution in [0.1, 0.15) is 48.0 Å². The zero-order valence-corrected chi connectivity index (χ0v) is 23.1. The van der Waals surface area contributed by atoms with Crippen molar-refractivity contribution in [1.29, 1.82) is 0 Å². The van der Waals surface area contributed by atoms with E-state index in [0.717, 1.165) is 10.6 Å². The quantitative estimate of drug-likeness (QED) is 0.235. The maximum absolute atomic E-state index is 13.6. The number of hydrazine groups is 1. The summed E-state index contributed by atoms with van der Waals surface area (Å²) in [6.07, 6.45) is 3.24. The molecule has 2 aliphatic heterocycles. The molecule has 0 aliphatic carbocycles. The van der Waals surface area contributed by atoms with Crippen molar-refractivity contribution >= 4 is 53.6 Å². The highest BCUT2D eigenvalue weighted by Crippen LogP contribution is 2.25. The second-order valence-electron chi connectivity index (χ2n) is 10.1. The summed E-state index contributed by atoms with van der Waals surface area (Å²) in [6, 6.07) is 11.7. The summed E-state index contributed by atoms with van der Waals surface area (Å²) in [5, 5.41) is 18.8. The Hall–Kier alpha value is -5.33. The van der Waals surface area contributed by atoms with Crippen LogP contribution in [0.2, 0.25) is 0 Å². The summed E-state index contributed by atoms with van der Waals surface area (Å²) in [5.74, 6) is -4.09. The van der Waals surface area contributed by atoms with Gasteiger partial charge in [0.1, 0.15) is 18.4 Å². The highest BCUT2D eigenvalue weighted by atomic mass is 16.4. The van der Waals surface area contributed by atoms with Crippen molar-refractivity contribution in [3.05, 3.63) is 71.8 Å². The SMILES string of the molecule is O=C[C@H](CC(=O)O)NC(=O)[C@@H]1CCCN2C(=O)CC[C@H](NC(=O)c3ccc(NC(=O)/C=C/c4ccccc4)cc3)C(=O)N12. The number of rotatable bonds is 10. The van der Waals surface area contributed by atoms with Gasteiger partial charge < -0.3 is 25.9 Å². The first-order valence-corrected chi connectivity index (χ1v) is 13.7. The molecule has 0 radical (unpaired) electrons. The maximum atomic E-state index is 13.6. The van der Waals surface area contributed by atoms with Gasteiger partial charge in [-0.3, -0.25) is 33.8 Å². The number of carbonyl (C=O) groups excluding carboxylic acids is 6. The van der Waals surface area contributed by atoms with Gasteiger partial charge in [-0.1, -0.05) is 30.3 Å². The van der Waals surface area contributed by atoms with Crippen molar-refractivity contribution in [2.45, 2.75) is 50.2 Å². The predicted octanol–water partition coefficient (Wildman–Crippen LogP) is 1.12. The van der Waals surface area contributed by atoms with Gasteiger partial charge in [0.2, 0.25) is 17.7 Å². The number of aldehydes is 1. The molecule has 2 fully saturated rings. The molecular weight excluding hydrogens is 558 g/mol. The van der Waals surface area contributed by atoms with E-state index in [9.17, 15) is 33.6 Å². The third-order valence-corrected chi connectivity index (χ3v) is 7.00. The van der Waals surface area contributed by atoms with Crippen molar-refractivity contribution in [2.24, 2.45) is 0 Å². The molecule has 0 saturated carbocycles. The number of nitrogens with zero attached hydrogens (tertiary/aromatic N) is 2. The van der Waals surface area contributed by atoms with Crippen LogP contribution in [-0.2, 0) is 28.8 Å². The van der Waals surface area contributed by atoms with Crippen LogP contribution in [0, 0.1) is 0 Å². The summed E-state index contributed by atoms with van der Waals surface area (Å²) in [6.45, 7) is 0.189. The number of carbonyl (C=O) groups is 7. The number of fused-ring (bicyclic) bond motifs is 1. The number of aliphatic carboxylic acids is 1. The summed E-state index contributed by atoms with van der Waals surface area (Å²) in [4.78, 5) is 87.1. The number of anilines is 1. The van der Waals surface area contributed by atoms with E-state index in [2.05, 4.69) is 16.0 Å². The lowest BCUT2D eigenvalue weighted by Crippen LogP contribution is -2.64. The first kappa shape index (κ1) is 30.6. The van der Waals surface area contributed by atoms with Gasteiger partial charge in [-0.05, 0) is 55.2 Å². The topological polar surface area (TPSA) is 182 Å². The van der Waals surface area contributed by atoms with Gasteiger partial charge in [-0.25, -0.2) is 5.01 Å². The second kappa shape index (κ2) is 14.0. The average Bonchev–Trinajstić information content (AvgIpc) is 3.12. The number of hydrogen-bond acceptors (Lipinski definition) is 7. The Bertz CT molecular complexity index is 1430. The molecule has 4 rings (SSSR count). The smallest absolute Gasteiger partial charge is 0.305 e. The van der Waals surface area contributed by atoms with E-state index in [1.807, 2.05) is 30.3 Å². The molecule has 2 heterocycles. The molecule has 2 aliphatic rings. The minimum absolute atomic E-state index is 0.00259. The lowest BCUT2D eigenvalue weighted by atomic mass is 10.0. The minimum Gasteiger partial charge on any atom is -0.481 e. The van der Waals surface area contributed by atoms with Gasteiger partial charge in [-0.15, -0.1) is 0 Å². The van der Waals surface area contributed by atoms with Gasteiger partial charge in [0.15, 0.2) is 0 Å². The van der Waals surface area contributed by atoms with E-state index in [0.29, 0.717) is 18.4 Å². The van der Waals surface area contributed by atoms with Crippen LogP contribution in [0.15, 0.2) is 60.7 Å². The Labute approximate surface area is 246 Å². The summed E-state index contributed by atoms with van der Waals surface area (Å²) in [7, 11) is 0. The highest BCUT2D eigenvalue weighted by Gasteiger charge is 2.45. The molecule has 4 N–H and O–H groups in total. The zero-order valence-electron chi connectivity index (χ0n) is 23.1. The number of nitrogens with one attached hydrogen (secondary N) is 3. The van der Waals surface area contributed by atoms with Crippen LogP contribution >= 0.6 is 0 Å².